The Hall–Kier alpha value is -3.03. The second kappa shape index (κ2) is 8.38. The highest BCUT2D eigenvalue weighted by molar-refractivity contribution is 7.09. The number of carbonyl (C=O) groups is 2. The van der Waals surface area contributed by atoms with E-state index in [4.69, 9.17) is 20.8 Å². The van der Waals surface area contributed by atoms with Crippen molar-refractivity contribution in [3.8, 4) is 5.75 Å². The molecule has 1 atom stereocenters. The van der Waals surface area contributed by atoms with Crippen molar-refractivity contribution in [2.75, 3.05) is 6.61 Å². The Bertz CT molecular complexity index is 1100. The number of carbonyl (C=O) groups excluding carboxylic acids is 2. The maximum Gasteiger partial charge on any atom is 0.296 e. The molecule has 3 heterocycles. The lowest BCUT2D eigenvalue weighted by Crippen LogP contribution is -2.28. The van der Waals surface area contributed by atoms with Gasteiger partial charge >= 0.3 is 0 Å². The number of furan rings is 1. The minimum absolute atomic E-state index is 0.0312. The normalized spacial score (nSPS) is 18.2. The molecule has 154 valence electrons. The fourth-order valence-corrected chi connectivity index (χ4v) is 4.30. The fraction of sp³-hybridized carbons (Fsp3) is 0.182. The van der Waals surface area contributed by atoms with Crippen molar-refractivity contribution >= 4 is 40.4 Å². The van der Waals surface area contributed by atoms with Gasteiger partial charge in [-0.3, -0.25) is 9.59 Å². The van der Waals surface area contributed by atoms with Crippen molar-refractivity contribution in [1.82, 2.24) is 4.90 Å². The van der Waals surface area contributed by atoms with Gasteiger partial charge in [0.15, 0.2) is 0 Å². The van der Waals surface area contributed by atoms with Gasteiger partial charge < -0.3 is 19.2 Å². The van der Waals surface area contributed by atoms with E-state index in [0.29, 0.717) is 28.7 Å². The molecular formula is C22H18ClNO5S. The van der Waals surface area contributed by atoms with Crippen LogP contribution in [0.15, 0.2) is 64.1 Å². The Balaban J connectivity index is 1.83. The third kappa shape index (κ3) is 3.62. The van der Waals surface area contributed by atoms with E-state index in [1.165, 1.54) is 22.5 Å². The van der Waals surface area contributed by atoms with Gasteiger partial charge in [-0.25, -0.2) is 0 Å². The molecular weight excluding hydrogens is 426 g/mol. The molecule has 3 aromatic rings. The van der Waals surface area contributed by atoms with E-state index in [1.807, 2.05) is 24.4 Å². The standard InChI is InChI=1S/C22H18ClNO5S/c1-2-28-17-11-13(7-8-15(17)23)20(25)18-19(16-6-3-9-29-16)24(22(27)21(18)26)12-14-5-4-10-30-14/h3-11,19,25H,2,12H2,1H3/b20-18-. The van der Waals surface area contributed by atoms with Crippen molar-refractivity contribution < 1.29 is 23.8 Å². The van der Waals surface area contributed by atoms with Crippen LogP contribution in [0.2, 0.25) is 5.02 Å². The van der Waals surface area contributed by atoms with Crippen LogP contribution in [0.5, 0.6) is 5.75 Å². The van der Waals surface area contributed by atoms with E-state index >= 15 is 0 Å². The number of rotatable bonds is 6. The first-order chi connectivity index (χ1) is 14.5. The van der Waals surface area contributed by atoms with Gasteiger partial charge in [0.1, 0.15) is 23.3 Å². The number of aliphatic hydroxyl groups is 1. The monoisotopic (exact) mass is 443 g/mol. The molecule has 0 bridgehead atoms. The Kier molecular flexibility index (Phi) is 5.65. The first-order valence-corrected chi connectivity index (χ1v) is 10.5. The van der Waals surface area contributed by atoms with Gasteiger partial charge in [0.25, 0.3) is 11.7 Å². The topological polar surface area (TPSA) is 80.0 Å². The zero-order valence-corrected chi connectivity index (χ0v) is 17.6. The smallest absolute Gasteiger partial charge is 0.296 e. The molecule has 1 saturated heterocycles. The maximum atomic E-state index is 12.9. The number of ether oxygens (including phenoxy) is 1. The van der Waals surface area contributed by atoms with E-state index in [2.05, 4.69) is 0 Å². The first kappa shape index (κ1) is 20.3. The largest absolute Gasteiger partial charge is 0.507 e. The molecule has 1 amide bonds. The summed E-state index contributed by atoms with van der Waals surface area (Å²) in [5.41, 5.74) is 0.296. The van der Waals surface area contributed by atoms with Crippen LogP contribution in [-0.4, -0.2) is 28.3 Å². The molecule has 1 aliphatic rings. The average molecular weight is 444 g/mol. The summed E-state index contributed by atoms with van der Waals surface area (Å²) in [6, 6.07) is 11.0. The SMILES string of the molecule is CCOc1cc(/C(O)=C2/C(=O)C(=O)N(Cc3cccs3)C2c2ccco2)ccc1Cl. The number of Topliss-reactive ketones (excluding diaryl/α,β-unsaturated/α-hetero) is 1. The van der Waals surface area contributed by atoms with Crippen LogP contribution in [0.4, 0.5) is 0 Å². The minimum Gasteiger partial charge on any atom is -0.507 e. The van der Waals surface area contributed by atoms with Crippen LogP contribution >= 0.6 is 22.9 Å². The number of ketones is 1. The molecule has 0 saturated carbocycles. The molecule has 4 rings (SSSR count). The number of likely N-dealkylation sites (tertiary alicyclic amines) is 1. The predicted octanol–water partition coefficient (Wildman–Crippen LogP) is 5.02. The van der Waals surface area contributed by atoms with Gasteiger partial charge in [-0.05, 0) is 48.7 Å². The number of hydrogen-bond donors (Lipinski definition) is 1. The van der Waals surface area contributed by atoms with Crippen molar-refractivity contribution in [2.24, 2.45) is 0 Å². The number of halogens is 1. The quantitative estimate of drug-likeness (QED) is 0.329. The first-order valence-electron chi connectivity index (χ1n) is 9.28. The average Bonchev–Trinajstić information content (AvgIpc) is 3.48. The second-order valence-electron chi connectivity index (χ2n) is 6.60. The van der Waals surface area contributed by atoms with Gasteiger partial charge in [0.05, 0.1) is 30.0 Å². The molecule has 1 unspecified atom stereocenters. The molecule has 6 nitrogen and oxygen atoms in total. The van der Waals surface area contributed by atoms with E-state index in [1.54, 1.807) is 30.3 Å². The Morgan fingerprint density at radius 2 is 2.10 bits per heavy atom. The maximum absolute atomic E-state index is 12.9. The lowest BCUT2D eigenvalue weighted by Gasteiger charge is -2.22. The number of thiophene rings is 1. The predicted molar refractivity (Wildman–Crippen MR) is 113 cm³/mol. The molecule has 30 heavy (non-hydrogen) atoms. The van der Waals surface area contributed by atoms with Crippen LogP contribution < -0.4 is 4.74 Å². The highest BCUT2D eigenvalue weighted by atomic mass is 35.5. The lowest BCUT2D eigenvalue weighted by atomic mass is 9.99. The number of aliphatic hydroxyl groups excluding tert-OH is 1. The van der Waals surface area contributed by atoms with Crippen molar-refractivity contribution in [3.63, 3.8) is 0 Å². The summed E-state index contributed by atoms with van der Waals surface area (Å²) in [4.78, 5) is 28.1. The summed E-state index contributed by atoms with van der Waals surface area (Å²) in [6.07, 6.45) is 1.47. The lowest BCUT2D eigenvalue weighted by molar-refractivity contribution is -0.140. The third-order valence-electron chi connectivity index (χ3n) is 4.76. The number of amides is 1. The summed E-state index contributed by atoms with van der Waals surface area (Å²) in [5.74, 6) is -0.985. The Labute approximate surface area is 181 Å². The number of hydrogen-bond acceptors (Lipinski definition) is 6. The van der Waals surface area contributed by atoms with Crippen LogP contribution in [-0.2, 0) is 16.1 Å². The summed E-state index contributed by atoms with van der Waals surface area (Å²) >= 11 is 7.62. The van der Waals surface area contributed by atoms with Crippen LogP contribution in [0.3, 0.4) is 0 Å². The summed E-state index contributed by atoms with van der Waals surface area (Å²) in [6.45, 7) is 2.44. The third-order valence-corrected chi connectivity index (χ3v) is 5.94. The van der Waals surface area contributed by atoms with Crippen molar-refractivity contribution in [2.45, 2.75) is 19.5 Å². The number of benzene rings is 1. The van der Waals surface area contributed by atoms with E-state index < -0.39 is 17.7 Å². The fourth-order valence-electron chi connectivity index (χ4n) is 3.43. The van der Waals surface area contributed by atoms with E-state index in [-0.39, 0.29) is 17.9 Å². The highest BCUT2D eigenvalue weighted by Gasteiger charge is 2.47. The van der Waals surface area contributed by atoms with Crippen LogP contribution in [0.25, 0.3) is 5.76 Å². The zero-order valence-electron chi connectivity index (χ0n) is 16.0. The molecule has 1 aromatic carbocycles. The minimum atomic E-state index is -0.840. The summed E-state index contributed by atoms with van der Waals surface area (Å²) in [5, 5.41) is 13.3. The summed E-state index contributed by atoms with van der Waals surface area (Å²) < 4.78 is 11.0. The van der Waals surface area contributed by atoms with Gasteiger partial charge in [0, 0.05) is 10.4 Å². The molecule has 0 aliphatic carbocycles. The van der Waals surface area contributed by atoms with E-state index in [9.17, 15) is 14.7 Å². The van der Waals surface area contributed by atoms with Gasteiger partial charge in [-0.2, -0.15) is 0 Å². The van der Waals surface area contributed by atoms with Crippen LogP contribution in [0.1, 0.15) is 29.2 Å². The zero-order chi connectivity index (χ0) is 21.3. The molecule has 1 fully saturated rings. The molecule has 0 spiro atoms. The number of nitrogens with zero attached hydrogens (tertiary/aromatic N) is 1. The molecule has 1 N–H and O–H groups in total. The molecule has 1 aliphatic heterocycles. The van der Waals surface area contributed by atoms with Crippen LogP contribution in [0, 0.1) is 0 Å². The summed E-state index contributed by atoms with van der Waals surface area (Å²) in [7, 11) is 0. The second-order valence-corrected chi connectivity index (χ2v) is 8.04. The highest BCUT2D eigenvalue weighted by Crippen LogP contribution is 2.41. The van der Waals surface area contributed by atoms with Gasteiger partial charge in [0.2, 0.25) is 0 Å². The molecule has 2 aromatic heterocycles. The van der Waals surface area contributed by atoms with E-state index in [0.717, 1.165) is 4.88 Å². The Morgan fingerprint density at radius 3 is 2.77 bits per heavy atom. The van der Waals surface area contributed by atoms with Crippen molar-refractivity contribution in [1.29, 1.82) is 0 Å². The molecule has 8 heteroatoms. The van der Waals surface area contributed by atoms with Gasteiger partial charge in [-0.1, -0.05) is 17.7 Å². The van der Waals surface area contributed by atoms with Gasteiger partial charge in [-0.15, -0.1) is 11.3 Å². The Morgan fingerprint density at radius 1 is 1.27 bits per heavy atom. The molecule has 0 radical (unpaired) electrons. The van der Waals surface area contributed by atoms with Crippen molar-refractivity contribution in [3.05, 3.63) is 80.9 Å².